The molecule has 0 atom stereocenters. The second-order valence-electron chi connectivity index (χ2n) is 3.98. The van der Waals surface area contributed by atoms with Crippen LogP contribution < -0.4 is 0 Å². The van der Waals surface area contributed by atoms with Gasteiger partial charge in [-0.3, -0.25) is 4.79 Å². The number of benzene rings is 1. The topological polar surface area (TPSA) is 54.5 Å². The van der Waals surface area contributed by atoms with Crippen LogP contribution in [0.25, 0.3) is 0 Å². The van der Waals surface area contributed by atoms with Crippen molar-refractivity contribution in [3.05, 3.63) is 33.3 Å². The Morgan fingerprint density at radius 3 is 2.56 bits per heavy atom. The molecule has 0 saturated carbocycles. The number of amides is 1. The Labute approximate surface area is 120 Å². The van der Waals surface area contributed by atoms with Crippen LogP contribution >= 0.6 is 27.5 Å². The van der Waals surface area contributed by atoms with Crippen LogP contribution in [0.5, 0.6) is 0 Å². The highest BCUT2D eigenvalue weighted by molar-refractivity contribution is 9.10. The van der Waals surface area contributed by atoms with Gasteiger partial charge in [-0.05, 0) is 34.1 Å². The highest BCUT2D eigenvalue weighted by Gasteiger charge is 2.16. The van der Waals surface area contributed by atoms with Gasteiger partial charge in [-0.25, -0.2) is 8.42 Å². The van der Waals surface area contributed by atoms with E-state index < -0.39 is 9.84 Å². The molecule has 0 aliphatic carbocycles. The molecule has 1 aromatic carbocycles. The summed E-state index contributed by atoms with van der Waals surface area (Å²) in [5.41, 5.74) is 0.454. The molecule has 0 N–H and O–H groups in total. The van der Waals surface area contributed by atoms with Gasteiger partial charge in [0.05, 0.1) is 11.3 Å². The summed E-state index contributed by atoms with van der Waals surface area (Å²) in [4.78, 5) is 13.4. The molecule has 0 spiro atoms. The highest BCUT2D eigenvalue weighted by Crippen LogP contribution is 2.22. The molecule has 7 heteroatoms. The van der Waals surface area contributed by atoms with Gasteiger partial charge in [0.15, 0.2) is 0 Å². The van der Waals surface area contributed by atoms with E-state index in [-0.39, 0.29) is 18.2 Å². The monoisotopic (exact) mass is 353 g/mol. The van der Waals surface area contributed by atoms with E-state index in [9.17, 15) is 13.2 Å². The van der Waals surface area contributed by atoms with Crippen LogP contribution in [0.1, 0.15) is 10.4 Å². The molecule has 0 radical (unpaired) electrons. The molecular formula is C11H13BrClNO3S. The maximum absolute atomic E-state index is 12.1. The lowest BCUT2D eigenvalue weighted by Gasteiger charge is -2.17. The van der Waals surface area contributed by atoms with Crippen LogP contribution in [0.4, 0.5) is 0 Å². The first-order valence-corrected chi connectivity index (χ1v) is 8.32. The third-order valence-electron chi connectivity index (χ3n) is 2.31. The number of halogens is 2. The Balaban J connectivity index is 2.80. The van der Waals surface area contributed by atoms with Gasteiger partial charge >= 0.3 is 0 Å². The number of carbonyl (C=O) groups excluding carboxylic acids is 1. The summed E-state index contributed by atoms with van der Waals surface area (Å²) in [6.45, 7) is 0.159. The van der Waals surface area contributed by atoms with Gasteiger partial charge < -0.3 is 4.90 Å². The van der Waals surface area contributed by atoms with E-state index in [1.807, 2.05) is 0 Å². The largest absolute Gasteiger partial charge is 0.341 e. The zero-order chi connectivity index (χ0) is 13.9. The van der Waals surface area contributed by atoms with E-state index in [1.165, 1.54) is 4.90 Å². The standard InChI is InChI=1S/C11H13BrClNO3S/c1-14(5-6-18(2,16)17)11(15)9-4-3-8(13)7-10(9)12/h3-4,7H,5-6H2,1-2H3. The minimum Gasteiger partial charge on any atom is -0.341 e. The average molecular weight is 355 g/mol. The summed E-state index contributed by atoms with van der Waals surface area (Å²) in [6, 6.07) is 4.84. The van der Waals surface area contributed by atoms with Gasteiger partial charge in [-0.15, -0.1) is 0 Å². The third kappa shape index (κ3) is 4.59. The van der Waals surface area contributed by atoms with Crippen LogP contribution in [0, 0.1) is 0 Å². The molecular weight excluding hydrogens is 342 g/mol. The Morgan fingerprint density at radius 2 is 2.06 bits per heavy atom. The van der Waals surface area contributed by atoms with E-state index in [2.05, 4.69) is 15.9 Å². The maximum Gasteiger partial charge on any atom is 0.254 e. The second-order valence-corrected chi connectivity index (χ2v) is 7.53. The Morgan fingerprint density at radius 1 is 1.44 bits per heavy atom. The zero-order valence-corrected chi connectivity index (χ0v) is 13.1. The molecule has 0 aliphatic rings. The molecule has 0 saturated heterocycles. The van der Waals surface area contributed by atoms with Gasteiger partial charge in [0.1, 0.15) is 9.84 Å². The van der Waals surface area contributed by atoms with Crippen molar-refractivity contribution < 1.29 is 13.2 Å². The predicted octanol–water partition coefficient (Wildman–Crippen LogP) is 2.22. The van der Waals surface area contributed by atoms with E-state index in [4.69, 9.17) is 11.6 Å². The molecule has 1 rings (SSSR count). The average Bonchev–Trinajstić information content (AvgIpc) is 2.24. The van der Waals surface area contributed by atoms with Crippen LogP contribution in [-0.2, 0) is 9.84 Å². The molecule has 18 heavy (non-hydrogen) atoms. The fourth-order valence-corrected chi connectivity index (χ4v) is 2.73. The summed E-state index contributed by atoms with van der Waals surface area (Å²) in [6.07, 6.45) is 1.14. The third-order valence-corrected chi connectivity index (χ3v) is 4.12. The Kier molecular flexibility index (Phi) is 5.19. The maximum atomic E-state index is 12.1. The molecule has 1 amide bonds. The van der Waals surface area contributed by atoms with E-state index >= 15 is 0 Å². The van der Waals surface area contributed by atoms with Crippen molar-refractivity contribution in [1.82, 2.24) is 4.90 Å². The first kappa shape index (κ1) is 15.5. The Hall–Kier alpha value is -0.590. The minimum atomic E-state index is -3.08. The normalized spacial score (nSPS) is 11.3. The number of hydrogen-bond donors (Lipinski definition) is 0. The van der Waals surface area contributed by atoms with Crippen molar-refractivity contribution in [2.24, 2.45) is 0 Å². The number of hydrogen-bond acceptors (Lipinski definition) is 3. The van der Waals surface area contributed by atoms with Gasteiger partial charge in [0.25, 0.3) is 5.91 Å². The number of carbonyl (C=O) groups is 1. The Bertz CT molecular complexity index is 559. The van der Waals surface area contributed by atoms with Crippen LogP contribution in [0.3, 0.4) is 0 Å². The fourth-order valence-electron chi connectivity index (χ4n) is 1.27. The molecule has 4 nitrogen and oxygen atoms in total. The number of nitrogens with zero attached hydrogens (tertiary/aromatic N) is 1. The van der Waals surface area contributed by atoms with Crippen molar-refractivity contribution in [3.8, 4) is 0 Å². The molecule has 0 bridgehead atoms. The SMILES string of the molecule is CN(CCS(C)(=O)=O)C(=O)c1ccc(Cl)cc1Br. The van der Waals surface area contributed by atoms with Crippen molar-refractivity contribution in [2.75, 3.05) is 25.6 Å². The van der Waals surface area contributed by atoms with Crippen LogP contribution in [0.2, 0.25) is 5.02 Å². The molecule has 0 aromatic heterocycles. The van der Waals surface area contributed by atoms with E-state index in [1.54, 1.807) is 25.2 Å². The summed E-state index contributed by atoms with van der Waals surface area (Å²) < 4.78 is 22.7. The minimum absolute atomic E-state index is 0.0551. The molecule has 1 aromatic rings. The summed E-state index contributed by atoms with van der Waals surface area (Å²) in [7, 11) is -1.51. The molecule has 100 valence electrons. The van der Waals surface area contributed by atoms with Crippen molar-refractivity contribution in [3.63, 3.8) is 0 Å². The number of rotatable bonds is 4. The first-order chi connectivity index (χ1) is 8.20. The van der Waals surface area contributed by atoms with Crippen molar-refractivity contribution in [1.29, 1.82) is 0 Å². The highest BCUT2D eigenvalue weighted by atomic mass is 79.9. The molecule has 0 fully saturated rings. The zero-order valence-electron chi connectivity index (χ0n) is 9.98. The lowest BCUT2D eigenvalue weighted by atomic mass is 10.2. The van der Waals surface area contributed by atoms with Gasteiger partial charge in [-0.1, -0.05) is 11.6 Å². The predicted molar refractivity (Wildman–Crippen MR) is 75.8 cm³/mol. The summed E-state index contributed by atoms with van der Waals surface area (Å²) >= 11 is 9.04. The fraction of sp³-hybridized carbons (Fsp3) is 0.364. The molecule has 0 heterocycles. The van der Waals surface area contributed by atoms with Gasteiger partial charge in [-0.2, -0.15) is 0 Å². The lowest BCUT2D eigenvalue weighted by Crippen LogP contribution is -2.31. The first-order valence-electron chi connectivity index (χ1n) is 5.09. The molecule has 0 aliphatic heterocycles. The van der Waals surface area contributed by atoms with Gasteiger partial charge in [0.2, 0.25) is 0 Å². The van der Waals surface area contributed by atoms with Gasteiger partial charge in [0, 0.05) is 29.3 Å². The van der Waals surface area contributed by atoms with Crippen LogP contribution in [-0.4, -0.2) is 44.8 Å². The lowest BCUT2D eigenvalue weighted by molar-refractivity contribution is 0.0802. The number of sulfone groups is 1. The summed E-state index contributed by atoms with van der Waals surface area (Å²) in [5, 5.41) is 0.525. The summed E-state index contributed by atoms with van der Waals surface area (Å²) in [5.74, 6) is -0.303. The van der Waals surface area contributed by atoms with E-state index in [0.29, 0.717) is 15.1 Å². The quantitative estimate of drug-likeness (QED) is 0.833. The van der Waals surface area contributed by atoms with E-state index in [0.717, 1.165) is 6.26 Å². The second kappa shape index (κ2) is 6.04. The smallest absolute Gasteiger partial charge is 0.254 e. The molecule has 0 unspecified atom stereocenters. The van der Waals surface area contributed by atoms with Crippen molar-refractivity contribution in [2.45, 2.75) is 0 Å². The van der Waals surface area contributed by atoms with Crippen molar-refractivity contribution >= 4 is 43.3 Å². The van der Waals surface area contributed by atoms with Crippen LogP contribution in [0.15, 0.2) is 22.7 Å².